The van der Waals surface area contributed by atoms with Gasteiger partial charge in [-0.3, -0.25) is 9.59 Å². The van der Waals surface area contributed by atoms with Crippen LogP contribution in [0.5, 0.6) is 0 Å². The molecule has 138 valence electrons. The Balaban J connectivity index is 1.72. The van der Waals surface area contributed by atoms with Gasteiger partial charge in [0.1, 0.15) is 6.04 Å². The summed E-state index contributed by atoms with van der Waals surface area (Å²) in [5, 5.41) is 5.51. The monoisotopic (exact) mass is 367 g/mol. The van der Waals surface area contributed by atoms with Gasteiger partial charge in [0.05, 0.1) is 4.90 Å². The zero-order valence-corrected chi connectivity index (χ0v) is 15.1. The van der Waals surface area contributed by atoms with E-state index in [4.69, 9.17) is 0 Å². The third kappa shape index (κ3) is 6.13. The number of rotatable bonds is 8. The van der Waals surface area contributed by atoms with Crippen LogP contribution in [-0.4, -0.2) is 38.9 Å². The van der Waals surface area contributed by atoms with Crippen molar-refractivity contribution in [2.24, 2.45) is 0 Å². The maximum Gasteiger partial charge on any atom is 0.242 e. The van der Waals surface area contributed by atoms with Crippen LogP contribution in [0, 0.1) is 0 Å². The standard InChI is InChI=1S/C17H25N3O4S/c1-13(17(22)20-14-7-5-6-8-14)19-16(21)11-12-18-25(23,24)15-9-3-2-4-10-15/h2-4,9-10,13-14,18H,5-8,11-12H2,1H3,(H,19,21)(H,20,22)/t13-/m0/s1. The van der Waals surface area contributed by atoms with Gasteiger partial charge in [0, 0.05) is 19.0 Å². The molecule has 0 aromatic heterocycles. The highest BCUT2D eigenvalue weighted by atomic mass is 32.2. The quantitative estimate of drug-likeness (QED) is 0.635. The van der Waals surface area contributed by atoms with Crippen LogP contribution in [-0.2, 0) is 19.6 Å². The van der Waals surface area contributed by atoms with Gasteiger partial charge in [0.15, 0.2) is 0 Å². The van der Waals surface area contributed by atoms with E-state index in [2.05, 4.69) is 15.4 Å². The molecule has 1 aliphatic rings. The normalized spacial score (nSPS) is 16.4. The largest absolute Gasteiger partial charge is 0.352 e. The Labute approximate surface area is 148 Å². The summed E-state index contributed by atoms with van der Waals surface area (Å²) in [7, 11) is -3.63. The van der Waals surface area contributed by atoms with Crippen LogP contribution in [0.25, 0.3) is 0 Å². The van der Waals surface area contributed by atoms with Gasteiger partial charge in [-0.15, -0.1) is 0 Å². The number of sulfonamides is 1. The smallest absolute Gasteiger partial charge is 0.242 e. The Morgan fingerprint density at radius 2 is 1.80 bits per heavy atom. The highest BCUT2D eigenvalue weighted by Crippen LogP contribution is 2.17. The van der Waals surface area contributed by atoms with Crippen molar-refractivity contribution in [1.82, 2.24) is 15.4 Å². The lowest BCUT2D eigenvalue weighted by Gasteiger charge is -2.17. The molecule has 7 nitrogen and oxygen atoms in total. The Kier molecular flexibility index (Phi) is 6.95. The summed E-state index contributed by atoms with van der Waals surface area (Å²) in [6.45, 7) is 1.59. The molecule has 1 atom stereocenters. The molecule has 0 aliphatic heterocycles. The fraction of sp³-hybridized carbons (Fsp3) is 0.529. The third-order valence-corrected chi connectivity index (χ3v) is 5.65. The lowest BCUT2D eigenvalue weighted by molar-refractivity contribution is -0.128. The first kappa shape index (κ1) is 19.4. The number of hydrogen-bond acceptors (Lipinski definition) is 4. The highest BCUT2D eigenvalue weighted by molar-refractivity contribution is 7.89. The lowest BCUT2D eigenvalue weighted by atomic mass is 10.2. The minimum Gasteiger partial charge on any atom is -0.352 e. The Morgan fingerprint density at radius 1 is 1.16 bits per heavy atom. The third-order valence-electron chi connectivity index (χ3n) is 4.17. The molecular formula is C17H25N3O4S. The number of benzene rings is 1. The molecular weight excluding hydrogens is 342 g/mol. The van der Waals surface area contributed by atoms with Crippen molar-refractivity contribution in [3.05, 3.63) is 30.3 Å². The molecule has 25 heavy (non-hydrogen) atoms. The van der Waals surface area contributed by atoms with Gasteiger partial charge in [-0.2, -0.15) is 0 Å². The number of nitrogens with one attached hydrogen (secondary N) is 3. The zero-order valence-electron chi connectivity index (χ0n) is 14.3. The van der Waals surface area contributed by atoms with Crippen LogP contribution in [0.2, 0.25) is 0 Å². The predicted molar refractivity (Wildman–Crippen MR) is 94.3 cm³/mol. The first-order valence-corrected chi connectivity index (χ1v) is 10.0. The predicted octanol–water partition coefficient (Wildman–Crippen LogP) is 0.919. The molecule has 0 unspecified atom stereocenters. The molecule has 1 saturated carbocycles. The van der Waals surface area contributed by atoms with Crippen molar-refractivity contribution in [3.63, 3.8) is 0 Å². The van der Waals surface area contributed by atoms with Crippen LogP contribution in [0.3, 0.4) is 0 Å². The summed E-state index contributed by atoms with van der Waals surface area (Å²) in [6, 6.07) is 7.51. The minimum atomic E-state index is -3.63. The Bertz CT molecular complexity index is 685. The van der Waals surface area contributed by atoms with E-state index in [1.165, 1.54) is 12.1 Å². The van der Waals surface area contributed by atoms with Gasteiger partial charge in [0.25, 0.3) is 0 Å². The van der Waals surface area contributed by atoms with Gasteiger partial charge >= 0.3 is 0 Å². The molecule has 2 amide bonds. The van der Waals surface area contributed by atoms with E-state index < -0.39 is 16.1 Å². The Morgan fingerprint density at radius 3 is 2.44 bits per heavy atom. The van der Waals surface area contributed by atoms with Gasteiger partial charge < -0.3 is 10.6 Å². The lowest BCUT2D eigenvalue weighted by Crippen LogP contribution is -2.47. The fourth-order valence-electron chi connectivity index (χ4n) is 2.76. The fourth-order valence-corrected chi connectivity index (χ4v) is 3.81. The maximum absolute atomic E-state index is 12.0. The molecule has 0 spiro atoms. The molecule has 1 aromatic carbocycles. The second-order valence-electron chi connectivity index (χ2n) is 6.24. The van der Waals surface area contributed by atoms with Crippen LogP contribution in [0.15, 0.2) is 35.2 Å². The summed E-state index contributed by atoms with van der Waals surface area (Å²) in [6.07, 6.45) is 4.16. The summed E-state index contributed by atoms with van der Waals surface area (Å²) in [5.41, 5.74) is 0. The molecule has 3 N–H and O–H groups in total. The van der Waals surface area contributed by atoms with Crippen LogP contribution >= 0.6 is 0 Å². The van der Waals surface area contributed by atoms with E-state index >= 15 is 0 Å². The van der Waals surface area contributed by atoms with Gasteiger partial charge in [-0.25, -0.2) is 13.1 Å². The zero-order chi connectivity index (χ0) is 18.3. The average molecular weight is 367 g/mol. The maximum atomic E-state index is 12.0. The van der Waals surface area contributed by atoms with E-state index in [0.29, 0.717) is 0 Å². The second kappa shape index (κ2) is 8.96. The topological polar surface area (TPSA) is 104 Å². The number of hydrogen-bond donors (Lipinski definition) is 3. The summed E-state index contributed by atoms with van der Waals surface area (Å²) in [4.78, 5) is 24.1. The van der Waals surface area contributed by atoms with E-state index in [1.54, 1.807) is 25.1 Å². The van der Waals surface area contributed by atoms with Gasteiger partial charge in [-0.1, -0.05) is 31.0 Å². The SMILES string of the molecule is C[C@H](NC(=O)CCNS(=O)(=O)c1ccccc1)C(=O)NC1CCCC1. The molecule has 8 heteroatoms. The average Bonchev–Trinajstić information content (AvgIpc) is 3.08. The minimum absolute atomic E-state index is 0.0278. The van der Waals surface area contributed by atoms with Crippen molar-refractivity contribution in [3.8, 4) is 0 Å². The van der Waals surface area contributed by atoms with E-state index in [0.717, 1.165) is 25.7 Å². The Hall–Kier alpha value is -1.93. The van der Waals surface area contributed by atoms with Gasteiger partial charge in [0.2, 0.25) is 21.8 Å². The van der Waals surface area contributed by atoms with E-state index in [1.807, 2.05) is 0 Å². The van der Waals surface area contributed by atoms with Crippen molar-refractivity contribution in [1.29, 1.82) is 0 Å². The van der Waals surface area contributed by atoms with Crippen molar-refractivity contribution in [2.45, 2.75) is 56.0 Å². The molecule has 0 radical (unpaired) electrons. The van der Waals surface area contributed by atoms with Crippen molar-refractivity contribution in [2.75, 3.05) is 6.54 Å². The van der Waals surface area contributed by atoms with Crippen LogP contribution in [0.4, 0.5) is 0 Å². The molecule has 2 rings (SSSR count). The molecule has 1 aliphatic carbocycles. The highest BCUT2D eigenvalue weighted by Gasteiger charge is 2.21. The first-order valence-electron chi connectivity index (χ1n) is 8.53. The summed E-state index contributed by atoms with van der Waals surface area (Å²) in [5.74, 6) is -0.574. The van der Waals surface area contributed by atoms with Crippen LogP contribution in [0.1, 0.15) is 39.0 Å². The summed E-state index contributed by atoms with van der Waals surface area (Å²) >= 11 is 0. The summed E-state index contributed by atoms with van der Waals surface area (Å²) < 4.78 is 26.4. The number of carbonyl (C=O) groups is 2. The molecule has 1 aromatic rings. The number of amides is 2. The van der Waals surface area contributed by atoms with E-state index in [9.17, 15) is 18.0 Å². The van der Waals surface area contributed by atoms with Gasteiger partial charge in [-0.05, 0) is 31.9 Å². The number of carbonyl (C=O) groups excluding carboxylic acids is 2. The second-order valence-corrected chi connectivity index (χ2v) is 8.01. The van der Waals surface area contributed by atoms with Crippen LogP contribution < -0.4 is 15.4 Å². The van der Waals surface area contributed by atoms with E-state index in [-0.39, 0.29) is 35.7 Å². The molecule has 0 heterocycles. The van der Waals surface area contributed by atoms with Crippen molar-refractivity contribution >= 4 is 21.8 Å². The first-order chi connectivity index (χ1) is 11.9. The van der Waals surface area contributed by atoms with Crippen molar-refractivity contribution < 1.29 is 18.0 Å². The molecule has 0 bridgehead atoms. The molecule has 0 saturated heterocycles. The molecule has 1 fully saturated rings.